The van der Waals surface area contributed by atoms with Crippen LogP contribution in [-0.2, 0) is 13.0 Å². The molecule has 3 aromatic rings. The van der Waals surface area contributed by atoms with E-state index in [0.29, 0.717) is 35.6 Å². The van der Waals surface area contributed by atoms with Gasteiger partial charge in [0, 0.05) is 23.2 Å². The topological polar surface area (TPSA) is 87.4 Å². The van der Waals surface area contributed by atoms with Gasteiger partial charge in [0.2, 0.25) is 0 Å². The van der Waals surface area contributed by atoms with Crippen molar-refractivity contribution in [2.75, 3.05) is 12.3 Å². The number of nitrogen functional groups attached to an aromatic ring is 1. The maximum atomic E-state index is 12.7. The van der Waals surface area contributed by atoms with Gasteiger partial charge in [-0.2, -0.15) is 5.26 Å². The predicted molar refractivity (Wildman–Crippen MR) is 87.1 cm³/mol. The molecular formula is C16H13N5OS. The number of aromatic nitrogens is 2. The Morgan fingerprint density at radius 3 is 3.17 bits per heavy atom. The average molecular weight is 323 g/mol. The van der Waals surface area contributed by atoms with Crippen LogP contribution in [-0.4, -0.2) is 26.7 Å². The molecule has 2 N–H and O–H groups in total. The summed E-state index contributed by atoms with van der Waals surface area (Å²) in [5.74, 6) is -0.00942. The monoisotopic (exact) mass is 323 g/mol. The quantitative estimate of drug-likeness (QED) is 0.742. The zero-order chi connectivity index (χ0) is 16.0. The second kappa shape index (κ2) is 5.11. The van der Waals surface area contributed by atoms with Crippen molar-refractivity contribution < 1.29 is 4.79 Å². The first-order valence-electron chi connectivity index (χ1n) is 7.18. The molecule has 3 aromatic heterocycles. The van der Waals surface area contributed by atoms with Gasteiger partial charge in [-0.1, -0.05) is 0 Å². The third-order valence-electron chi connectivity index (χ3n) is 4.14. The summed E-state index contributed by atoms with van der Waals surface area (Å²) in [4.78, 5) is 19.6. The van der Waals surface area contributed by atoms with Crippen LogP contribution in [0.15, 0.2) is 30.9 Å². The number of rotatable bonds is 1. The van der Waals surface area contributed by atoms with Crippen molar-refractivity contribution in [3.8, 4) is 6.07 Å². The summed E-state index contributed by atoms with van der Waals surface area (Å²) < 4.78 is 1.87. The van der Waals surface area contributed by atoms with E-state index < -0.39 is 0 Å². The molecule has 1 aliphatic rings. The molecule has 0 spiro atoms. The molecule has 0 bridgehead atoms. The van der Waals surface area contributed by atoms with Crippen molar-refractivity contribution in [1.29, 1.82) is 5.26 Å². The number of amides is 1. The smallest absolute Gasteiger partial charge is 0.254 e. The SMILES string of the molecule is N#Cc1c(N)sc2c1CCN(C(=O)c1ccn3cncc3c1)C2. The predicted octanol–water partition coefficient (Wildman–Crippen LogP) is 2.05. The van der Waals surface area contributed by atoms with E-state index in [9.17, 15) is 10.1 Å². The van der Waals surface area contributed by atoms with Crippen LogP contribution in [0.3, 0.4) is 0 Å². The van der Waals surface area contributed by atoms with Crippen LogP contribution in [0.25, 0.3) is 5.52 Å². The molecule has 0 aromatic carbocycles. The number of hydrogen-bond acceptors (Lipinski definition) is 5. The van der Waals surface area contributed by atoms with E-state index in [0.717, 1.165) is 16.0 Å². The Morgan fingerprint density at radius 1 is 1.48 bits per heavy atom. The van der Waals surface area contributed by atoms with Crippen LogP contribution in [0, 0.1) is 11.3 Å². The molecule has 0 unspecified atom stereocenters. The Bertz CT molecular complexity index is 965. The minimum atomic E-state index is -0.00942. The molecule has 1 amide bonds. The standard InChI is InChI=1S/C16H13N5OS/c17-6-13-12-2-4-20(8-14(12)23-15(13)18)16(22)10-1-3-21-9-19-7-11(21)5-10/h1,3,5,7,9H,2,4,8,18H2. The van der Waals surface area contributed by atoms with E-state index in [4.69, 9.17) is 5.73 Å². The van der Waals surface area contributed by atoms with Crippen molar-refractivity contribution in [2.24, 2.45) is 0 Å². The Hall–Kier alpha value is -2.85. The fourth-order valence-electron chi connectivity index (χ4n) is 2.96. The van der Waals surface area contributed by atoms with Crippen molar-refractivity contribution in [2.45, 2.75) is 13.0 Å². The lowest BCUT2D eigenvalue weighted by molar-refractivity contribution is 0.0737. The van der Waals surface area contributed by atoms with Crippen LogP contribution in [0.1, 0.15) is 26.4 Å². The summed E-state index contributed by atoms with van der Waals surface area (Å²) in [6.07, 6.45) is 5.94. The Balaban J connectivity index is 1.63. The molecule has 4 heterocycles. The van der Waals surface area contributed by atoms with E-state index in [1.807, 2.05) is 21.6 Å². The Kier molecular flexibility index (Phi) is 3.06. The highest BCUT2D eigenvalue weighted by molar-refractivity contribution is 7.16. The lowest BCUT2D eigenvalue weighted by Crippen LogP contribution is -2.35. The first kappa shape index (κ1) is 13.8. The van der Waals surface area contributed by atoms with Crippen LogP contribution >= 0.6 is 11.3 Å². The summed E-state index contributed by atoms with van der Waals surface area (Å²) >= 11 is 1.41. The summed E-state index contributed by atoms with van der Waals surface area (Å²) in [5, 5.41) is 9.73. The molecule has 23 heavy (non-hydrogen) atoms. The number of carbonyl (C=O) groups excluding carboxylic acids is 1. The maximum Gasteiger partial charge on any atom is 0.254 e. The van der Waals surface area contributed by atoms with Crippen molar-refractivity contribution in [1.82, 2.24) is 14.3 Å². The first-order chi connectivity index (χ1) is 11.2. The second-order valence-electron chi connectivity index (χ2n) is 5.47. The number of nitrogens with two attached hydrogens (primary N) is 1. The second-order valence-corrected chi connectivity index (χ2v) is 6.61. The molecule has 114 valence electrons. The fraction of sp³-hybridized carbons (Fsp3) is 0.188. The van der Waals surface area contributed by atoms with Gasteiger partial charge < -0.3 is 15.0 Å². The van der Waals surface area contributed by atoms with Crippen molar-refractivity contribution in [3.63, 3.8) is 0 Å². The minimum absolute atomic E-state index is 0.00942. The number of pyridine rings is 1. The lowest BCUT2D eigenvalue weighted by atomic mass is 10.0. The molecular weight excluding hydrogens is 310 g/mol. The van der Waals surface area contributed by atoms with Gasteiger partial charge in [0.25, 0.3) is 5.91 Å². The highest BCUT2D eigenvalue weighted by atomic mass is 32.1. The molecule has 0 radical (unpaired) electrons. The van der Waals surface area contributed by atoms with Gasteiger partial charge in [-0.3, -0.25) is 4.79 Å². The Labute approximate surface area is 136 Å². The third kappa shape index (κ3) is 2.15. The largest absolute Gasteiger partial charge is 0.389 e. The first-order valence-corrected chi connectivity index (χ1v) is 8.00. The number of thiophene rings is 1. The normalized spacial score (nSPS) is 13.8. The summed E-state index contributed by atoms with van der Waals surface area (Å²) in [5.41, 5.74) is 9.02. The van der Waals surface area contributed by atoms with E-state index in [1.165, 1.54) is 11.3 Å². The molecule has 0 fully saturated rings. The maximum absolute atomic E-state index is 12.7. The minimum Gasteiger partial charge on any atom is -0.389 e. The highest BCUT2D eigenvalue weighted by Crippen LogP contribution is 2.34. The average Bonchev–Trinajstić information content (AvgIpc) is 3.15. The summed E-state index contributed by atoms with van der Waals surface area (Å²) in [7, 11) is 0. The van der Waals surface area contributed by atoms with Crippen molar-refractivity contribution in [3.05, 3.63) is 52.4 Å². The lowest BCUT2D eigenvalue weighted by Gasteiger charge is -2.27. The summed E-state index contributed by atoms with van der Waals surface area (Å²) in [6, 6.07) is 5.81. The number of imidazole rings is 1. The number of hydrogen-bond donors (Lipinski definition) is 1. The molecule has 0 atom stereocenters. The van der Waals surface area contributed by atoms with Gasteiger partial charge in [0.15, 0.2) is 0 Å². The van der Waals surface area contributed by atoms with Gasteiger partial charge in [0.1, 0.15) is 11.1 Å². The van der Waals surface area contributed by atoms with E-state index >= 15 is 0 Å². The van der Waals surface area contributed by atoms with Gasteiger partial charge in [-0.25, -0.2) is 4.98 Å². The third-order valence-corrected chi connectivity index (χ3v) is 5.19. The molecule has 0 saturated heterocycles. The van der Waals surface area contributed by atoms with Crippen LogP contribution in [0.5, 0.6) is 0 Å². The van der Waals surface area contributed by atoms with Gasteiger partial charge in [-0.05, 0) is 24.1 Å². The Morgan fingerprint density at radius 2 is 2.35 bits per heavy atom. The number of carbonyl (C=O) groups is 1. The number of fused-ring (bicyclic) bond motifs is 2. The van der Waals surface area contributed by atoms with Crippen LogP contribution in [0.2, 0.25) is 0 Å². The zero-order valence-electron chi connectivity index (χ0n) is 12.2. The van der Waals surface area contributed by atoms with E-state index in [-0.39, 0.29) is 5.91 Å². The molecule has 0 aliphatic carbocycles. The molecule has 6 nitrogen and oxygen atoms in total. The van der Waals surface area contributed by atoms with Crippen molar-refractivity contribution >= 4 is 27.8 Å². The molecule has 0 saturated carbocycles. The van der Waals surface area contributed by atoms with Gasteiger partial charge >= 0.3 is 0 Å². The van der Waals surface area contributed by atoms with E-state index in [1.54, 1.807) is 18.6 Å². The summed E-state index contributed by atoms with van der Waals surface area (Å²) in [6.45, 7) is 1.11. The zero-order valence-corrected chi connectivity index (χ0v) is 13.0. The van der Waals surface area contributed by atoms with Gasteiger partial charge in [-0.15, -0.1) is 11.3 Å². The fourth-order valence-corrected chi connectivity index (χ4v) is 4.04. The van der Waals surface area contributed by atoms with E-state index in [2.05, 4.69) is 11.1 Å². The highest BCUT2D eigenvalue weighted by Gasteiger charge is 2.26. The number of nitriles is 1. The molecule has 7 heteroatoms. The molecule has 1 aliphatic heterocycles. The number of nitrogens with zero attached hydrogens (tertiary/aromatic N) is 4. The number of anilines is 1. The van der Waals surface area contributed by atoms with Gasteiger partial charge in [0.05, 0.1) is 30.1 Å². The van der Waals surface area contributed by atoms with Crippen LogP contribution in [0.4, 0.5) is 5.00 Å². The molecule has 4 rings (SSSR count). The van der Waals surface area contributed by atoms with Crippen LogP contribution < -0.4 is 5.73 Å².